The second kappa shape index (κ2) is 35.1. The van der Waals surface area contributed by atoms with Crippen molar-refractivity contribution in [3.63, 3.8) is 0 Å². The Labute approximate surface area is 271 Å². The van der Waals surface area contributed by atoms with E-state index in [2.05, 4.69) is 141 Å². The minimum absolute atomic E-state index is 0.329. The van der Waals surface area contributed by atoms with E-state index in [9.17, 15) is 0 Å². The first-order chi connectivity index (χ1) is 20.7. The van der Waals surface area contributed by atoms with Crippen LogP contribution < -0.4 is 5.32 Å². The lowest BCUT2D eigenvalue weighted by Crippen LogP contribution is -2.12. The van der Waals surface area contributed by atoms with Crippen LogP contribution in [0.3, 0.4) is 0 Å². The van der Waals surface area contributed by atoms with E-state index in [1.54, 1.807) is 6.20 Å². The fourth-order valence-electron chi connectivity index (χ4n) is 4.19. The predicted molar refractivity (Wildman–Crippen MR) is 204 cm³/mol. The van der Waals surface area contributed by atoms with Gasteiger partial charge in [0.25, 0.3) is 0 Å². The highest BCUT2D eigenvalue weighted by Gasteiger charge is 2.17. The molecule has 1 heteroatoms. The number of hydrogen-bond donors (Lipinski definition) is 1. The summed E-state index contributed by atoms with van der Waals surface area (Å²) in [5.41, 5.74) is 7.60. The van der Waals surface area contributed by atoms with Crippen LogP contribution >= 0.6 is 0 Å². The molecular formula is C42H71N. The first-order valence-corrected chi connectivity index (χ1v) is 16.8. The molecule has 244 valence electrons. The Morgan fingerprint density at radius 3 is 1.63 bits per heavy atom. The van der Waals surface area contributed by atoms with Crippen LogP contribution in [0.4, 0.5) is 0 Å². The largest absolute Gasteiger partial charge is 0.366 e. The minimum Gasteiger partial charge on any atom is -0.366 e. The molecule has 0 saturated heterocycles. The molecule has 43 heavy (non-hydrogen) atoms. The molecule has 0 aliphatic heterocycles. The highest BCUT2D eigenvalue weighted by Crippen LogP contribution is 2.33. The fourth-order valence-corrected chi connectivity index (χ4v) is 4.19. The SMILES string of the molecule is C=C.C=CN/C(C)=C(/C(=C)CC(C)C)C(C)c1ccccc1.C=Cc1ccc(CCCC)cc1.CC.CC.CCCCC. The summed E-state index contributed by atoms with van der Waals surface area (Å²) in [6.45, 7) is 41.2. The summed E-state index contributed by atoms with van der Waals surface area (Å²) < 4.78 is 0. The van der Waals surface area contributed by atoms with Gasteiger partial charge in [-0.05, 0) is 66.1 Å². The van der Waals surface area contributed by atoms with E-state index in [0.717, 1.165) is 12.1 Å². The molecule has 0 amide bonds. The number of hydrogen-bond acceptors (Lipinski definition) is 1. The number of rotatable bonds is 13. The molecule has 1 nitrogen and oxygen atoms in total. The van der Waals surface area contributed by atoms with Gasteiger partial charge in [-0.3, -0.25) is 0 Å². The molecule has 2 rings (SSSR count). The van der Waals surface area contributed by atoms with Crippen LogP contribution in [0.15, 0.2) is 111 Å². The molecule has 0 radical (unpaired) electrons. The molecule has 2 aromatic carbocycles. The van der Waals surface area contributed by atoms with Gasteiger partial charge in [0.2, 0.25) is 0 Å². The fraction of sp³-hybridized carbons (Fsp3) is 0.476. The Morgan fingerprint density at radius 2 is 1.26 bits per heavy atom. The molecule has 2 aromatic rings. The van der Waals surface area contributed by atoms with Gasteiger partial charge in [-0.25, -0.2) is 0 Å². The van der Waals surface area contributed by atoms with Gasteiger partial charge in [-0.2, -0.15) is 0 Å². The Bertz CT molecular complexity index is 913. The zero-order chi connectivity index (χ0) is 34.1. The van der Waals surface area contributed by atoms with Gasteiger partial charge in [-0.15, -0.1) is 13.2 Å². The van der Waals surface area contributed by atoms with E-state index in [4.69, 9.17) is 0 Å². The van der Waals surface area contributed by atoms with Gasteiger partial charge in [0.05, 0.1) is 0 Å². The average molecular weight is 590 g/mol. The zero-order valence-corrected chi connectivity index (χ0v) is 30.5. The Kier molecular flexibility index (Phi) is 38.3. The summed E-state index contributed by atoms with van der Waals surface area (Å²) >= 11 is 0. The van der Waals surface area contributed by atoms with Crippen molar-refractivity contribution in [3.05, 3.63) is 127 Å². The summed E-state index contributed by atoms with van der Waals surface area (Å²) in [6.07, 6.45) is 12.5. The van der Waals surface area contributed by atoms with Crippen LogP contribution in [0, 0.1) is 5.92 Å². The number of benzene rings is 2. The summed E-state index contributed by atoms with van der Waals surface area (Å²) in [7, 11) is 0. The van der Waals surface area contributed by atoms with Crippen molar-refractivity contribution in [1.29, 1.82) is 0 Å². The van der Waals surface area contributed by atoms with Gasteiger partial charge in [0.15, 0.2) is 0 Å². The summed E-state index contributed by atoms with van der Waals surface area (Å²) in [6, 6.07) is 19.2. The monoisotopic (exact) mass is 590 g/mol. The Hall–Kier alpha value is -3.06. The molecule has 0 aromatic heterocycles. The van der Waals surface area contributed by atoms with Crippen LogP contribution in [-0.4, -0.2) is 0 Å². The third kappa shape index (κ3) is 25.2. The Morgan fingerprint density at radius 1 is 0.767 bits per heavy atom. The molecule has 0 spiro atoms. The molecule has 0 bridgehead atoms. The second-order valence-electron chi connectivity index (χ2n) is 10.1. The maximum absolute atomic E-state index is 4.31. The van der Waals surface area contributed by atoms with Gasteiger partial charge < -0.3 is 5.32 Å². The van der Waals surface area contributed by atoms with Gasteiger partial charge in [0, 0.05) is 11.6 Å². The molecule has 0 heterocycles. The van der Waals surface area contributed by atoms with Crippen molar-refractivity contribution in [2.75, 3.05) is 0 Å². The normalized spacial score (nSPS) is 10.4. The van der Waals surface area contributed by atoms with E-state index >= 15 is 0 Å². The van der Waals surface area contributed by atoms with Gasteiger partial charge >= 0.3 is 0 Å². The first-order valence-electron chi connectivity index (χ1n) is 16.8. The number of aryl methyl sites for hydroxylation is 1. The molecule has 1 N–H and O–H groups in total. The highest BCUT2D eigenvalue weighted by molar-refractivity contribution is 5.47. The molecule has 0 aliphatic rings. The molecular weight excluding hydrogens is 518 g/mol. The number of allylic oxidation sites excluding steroid dienone is 3. The summed E-state index contributed by atoms with van der Waals surface area (Å²) in [4.78, 5) is 0. The van der Waals surface area contributed by atoms with Crippen LogP contribution in [0.5, 0.6) is 0 Å². The van der Waals surface area contributed by atoms with Crippen molar-refractivity contribution in [2.45, 2.75) is 127 Å². The van der Waals surface area contributed by atoms with E-state index in [1.807, 2.05) is 33.8 Å². The van der Waals surface area contributed by atoms with Crippen molar-refractivity contribution in [3.8, 4) is 0 Å². The van der Waals surface area contributed by atoms with Crippen molar-refractivity contribution in [1.82, 2.24) is 5.32 Å². The molecule has 0 saturated carbocycles. The standard InChI is InChI=1S/C19H27N.C12H16.C5H12.2C2H6.C2H4/c1-7-20-17(6)19(15(4)13-14(2)3)16(5)18-11-9-8-10-12-18;1-3-5-6-12-9-7-11(4-2)8-10-12;1-3-5-4-2;3*1-2/h7-12,14,16,20H,1,4,13H2,2-3,5-6H3;4,7-10H,2-3,5-6H2,1H3;3-5H2,1-2H3;2*1-2H3;1-2H2/b19-17-;;;;;. The van der Waals surface area contributed by atoms with E-state index in [1.165, 1.54) is 66.4 Å². The molecule has 0 fully saturated rings. The highest BCUT2D eigenvalue weighted by atomic mass is 14.8. The van der Waals surface area contributed by atoms with E-state index < -0.39 is 0 Å². The lowest BCUT2D eigenvalue weighted by molar-refractivity contribution is 0.637. The first kappa shape index (κ1) is 46.9. The maximum atomic E-state index is 4.31. The lowest BCUT2D eigenvalue weighted by atomic mass is 9.84. The quantitative estimate of drug-likeness (QED) is 0.181. The number of nitrogens with one attached hydrogen (secondary N) is 1. The third-order valence-electron chi connectivity index (χ3n) is 6.23. The molecule has 1 unspecified atom stereocenters. The van der Waals surface area contributed by atoms with Crippen LogP contribution in [-0.2, 0) is 6.42 Å². The summed E-state index contributed by atoms with van der Waals surface area (Å²) in [5, 5.41) is 3.23. The minimum atomic E-state index is 0.329. The number of unbranched alkanes of at least 4 members (excludes halogenated alkanes) is 3. The van der Waals surface area contributed by atoms with Crippen molar-refractivity contribution >= 4 is 6.08 Å². The molecule has 1 atom stereocenters. The Balaban J connectivity index is -0.000000280. The van der Waals surface area contributed by atoms with E-state index in [0.29, 0.717) is 11.8 Å². The maximum Gasteiger partial charge on any atom is 0.0156 e. The third-order valence-corrected chi connectivity index (χ3v) is 6.23. The van der Waals surface area contributed by atoms with Gasteiger partial charge in [0.1, 0.15) is 0 Å². The van der Waals surface area contributed by atoms with Crippen molar-refractivity contribution in [2.24, 2.45) is 5.92 Å². The lowest BCUT2D eigenvalue weighted by Gasteiger charge is -2.23. The van der Waals surface area contributed by atoms with Crippen LogP contribution in [0.1, 0.15) is 137 Å². The van der Waals surface area contributed by atoms with Crippen LogP contribution in [0.25, 0.3) is 6.08 Å². The van der Waals surface area contributed by atoms with Crippen molar-refractivity contribution < 1.29 is 0 Å². The average Bonchev–Trinajstić information content (AvgIpc) is 3.04. The van der Waals surface area contributed by atoms with Gasteiger partial charge in [-0.1, -0.05) is 175 Å². The van der Waals surface area contributed by atoms with Crippen LogP contribution in [0.2, 0.25) is 0 Å². The summed E-state index contributed by atoms with van der Waals surface area (Å²) in [5.74, 6) is 0.937. The molecule has 0 aliphatic carbocycles. The predicted octanol–water partition coefficient (Wildman–Crippen LogP) is 14.1. The van der Waals surface area contributed by atoms with E-state index in [-0.39, 0.29) is 0 Å². The second-order valence-corrected chi connectivity index (χ2v) is 10.1. The smallest absolute Gasteiger partial charge is 0.0156 e. The zero-order valence-electron chi connectivity index (χ0n) is 30.5. The topological polar surface area (TPSA) is 12.0 Å².